The summed E-state index contributed by atoms with van der Waals surface area (Å²) in [6, 6.07) is 6.38. The monoisotopic (exact) mass is 152 g/mol. The van der Waals surface area contributed by atoms with Gasteiger partial charge in [-0.15, -0.1) is 0 Å². The first-order valence-corrected chi connectivity index (χ1v) is 3.69. The molecule has 0 heterocycles. The molecule has 0 spiro atoms. The predicted molar refractivity (Wildman–Crippen MR) is 48.8 cm³/mol. The highest BCUT2D eigenvalue weighted by Gasteiger charge is 1.91. The van der Waals surface area contributed by atoms with Gasteiger partial charge in [0.05, 0.1) is 0 Å². The van der Waals surface area contributed by atoms with Gasteiger partial charge in [-0.3, -0.25) is 0 Å². The number of aliphatic hydroxyl groups is 1. The summed E-state index contributed by atoms with van der Waals surface area (Å²) in [5.74, 6) is 0. The Labute approximate surface area is 68.7 Å². The molecular weight excluding hydrogens is 136 g/mol. The third-order valence-corrected chi connectivity index (χ3v) is 1.88. The summed E-state index contributed by atoms with van der Waals surface area (Å²) in [5.41, 5.74) is 4.18. The van der Waals surface area contributed by atoms with Crippen molar-refractivity contribution in [1.82, 2.24) is 0 Å². The maximum Gasteiger partial charge on any atom is 0.0319 e. The molecule has 11 heavy (non-hydrogen) atoms. The van der Waals surface area contributed by atoms with E-state index in [9.17, 15) is 0 Å². The largest absolute Gasteiger partial charge is 0.400 e. The number of benzene rings is 1. The minimum atomic E-state index is 1.00. The van der Waals surface area contributed by atoms with E-state index < -0.39 is 0 Å². The van der Waals surface area contributed by atoms with Gasteiger partial charge in [0.2, 0.25) is 0 Å². The number of aryl methyl sites for hydroxylation is 2. The fourth-order valence-electron chi connectivity index (χ4n) is 0.898. The number of hydrogen-bond donors (Lipinski definition) is 1. The second kappa shape index (κ2) is 4.91. The molecule has 0 aliphatic carbocycles. The molecule has 0 aliphatic rings. The van der Waals surface area contributed by atoms with E-state index in [-0.39, 0.29) is 0 Å². The summed E-state index contributed by atoms with van der Waals surface area (Å²) in [6.07, 6.45) is 0. The van der Waals surface area contributed by atoms with Crippen LogP contribution in [0.3, 0.4) is 0 Å². The third-order valence-electron chi connectivity index (χ3n) is 1.88. The molecule has 0 unspecified atom stereocenters. The minimum absolute atomic E-state index is 1.00. The van der Waals surface area contributed by atoms with Crippen molar-refractivity contribution in [3.63, 3.8) is 0 Å². The third kappa shape index (κ3) is 2.72. The molecule has 0 amide bonds. The standard InChI is InChI=1S/C9H12.CH4O/c1-7-5-4-6-8(2)9(7)3;1-2/h4-6H,1-3H3;2H,1H3. The number of rotatable bonds is 0. The Morgan fingerprint density at radius 3 is 1.55 bits per heavy atom. The molecule has 0 saturated heterocycles. The van der Waals surface area contributed by atoms with E-state index in [1.807, 2.05) is 0 Å². The van der Waals surface area contributed by atoms with Crippen LogP contribution in [-0.4, -0.2) is 12.2 Å². The van der Waals surface area contributed by atoms with Gasteiger partial charge in [-0.1, -0.05) is 18.2 Å². The normalized spacial score (nSPS) is 8.45. The highest BCUT2D eigenvalue weighted by atomic mass is 16.2. The molecular formula is C10H16O. The van der Waals surface area contributed by atoms with E-state index in [4.69, 9.17) is 5.11 Å². The van der Waals surface area contributed by atoms with Gasteiger partial charge >= 0.3 is 0 Å². The lowest BCUT2D eigenvalue weighted by Crippen LogP contribution is -1.82. The first kappa shape index (κ1) is 10.2. The average molecular weight is 152 g/mol. The van der Waals surface area contributed by atoms with Gasteiger partial charge in [0, 0.05) is 7.11 Å². The van der Waals surface area contributed by atoms with Gasteiger partial charge < -0.3 is 5.11 Å². The Bertz CT molecular complexity index is 196. The first-order valence-electron chi connectivity index (χ1n) is 3.69. The molecule has 1 rings (SSSR count). The van der Waals surface area contributed by atoms with Crippen LogP contribution in [0.1, 0.15) is 16.7 Å². The van der Waals surface area contributed by atoms with Crippen LogP contribution in [0.25, 0.3) is 0 Å². The van der Waals surface area contributed by atoms with Gasteiger partial charge in [-0.05, 0) is 37.5 Å². The van der Waals surface area contributed by atoms with Gasteiger partial charge in [0.25, 0.3) is 0 Å². The van der Waals surface area contributed by atoms with Gasteiger partial charge in [-0.2, -0.15) is 0 Å². The molecule has 1 nitrogen and oxygen atoms in total. The molecule has 62 valence electrons. The van der Waals surface area contributed by atoms with Crippen molar-refractivity contribution >= 4 is 0 Å². The lowest BCUT2D eigenvalue weighted by atomic mass is 10.1. The van der Waals surface area contributed by atoms with Crippen LogP contribution >= 0.6 is 0 Å². The molecule has 1 heteroatoms. The average Bonchev–Trinajstić information content (AvgIpc) is 2.04. The maximum atomic E-state index is 7.00. The summed E-state index contributed by atoms with van der Waals surface area (Å²) in [6.45, 7) is 6.44. The summed E-state index contributed by atoms with van der Waals surface area (Å²) in [4.78, 5) is 0. The van der Waals surface area contributed by atoms with Crippen LogP contribution in [0.5, 0.6) is 0 Å². The molecule has 0 saturated carbocycles. The van der Waals surface area contributed by atoms with E-state index in [1.54, 1.807) is 0 Å². The number of aliphatic hydroxyl groups excluding tert-OH is 1. The van der Waals surface area contributed by atoms with Gasteiger partial charge in [0.15, 0.2) is 0 Å². The fraction of sp³-hybridized carbons (Fsp3) is 0.400. The SMILES string of the molecule is CO.Cc1cccc(C)c1C. The summed E-state index contributed by atoms with van der Waals surface area (Å²) in [7, 11) is 1.00. The zero-order valence-electron chi connectivity index (χ0n) is 7.68. The van der Waals surface area contributed by atoms with E-state index in [0.717, 1.165) is 7.11 Å². The smallest absolute Gasteiger partial charge is 0.0319 e. The summed E-state index contributed by atoms with van der Waals surface area (Å²) >= 11 is 0. The van der Waals surface area contributed by atoms with Crippen LogP contribution in [0.15, 0.2) is 18.2 Å². The van der Waals surface area contributed by atoms with Crippen LogP contribution in [0, 0.1) is 20.8 Å². The molecule has 0 radical (unpaired) electrons. The Kier molecular flexibility index (Phi) is 4.55. The molecule has 0 bridgehead atoms. The van der Waals surface area contributed by atoms with Gasteiger partial charge in [0.1, 0.15) is 0 Å². The lowest BCUT2D eigenvalue weighted by molar-refractivity contribution is 0.399. The predicted octanol–water partition coefficient (Wildman–Crippen LogP) is 2.22. The van der Waals surface area contributed by atoms with Crippen molar-refractivity contribution in [2.24, 2.45) is 0 Å². The van der Waals surface area contributed by atoms with Crippen molar-refractivity contribution in [3.8, 4) is 0 Å². The van der Waals surface area contributed by atoms with E-state index in [2.05, 4.69) is 39.0 Å². The molecule has 1 aromatic rings. The highest BCUT2D eigenvalue weighted by molar-refractivity contribution is 5.31. The summed E-state index contributed by atoms with van der Waals surface area (Å²) in [5, 5.41) is 7.00. The quantitative estimate of drug-likeness (QED) is 0.604. The Morgan fingerprint density at radius 2 is 1.27 bits per heavy atom. The maximum absolute atomic E-state index is 7.00. The molecule has 0 atom stereocenters. The van der Waals surface area contributed by atoms with Crippen LogP contribution in [0.4, 0.5) is 0 Å². The Balaban J connectivity index is 0.000000461. The van der Waals surface area contributed by atoms with Crippen molar-refractivity contribution in [2.75, 3.05) is 7.11 Å². The van der Waals surface area contributed by atoms with E-state index in [0.29, 0.717) is 0 Å². The van der Waals surface area contributed by atoms with Crippen molar-refractivity contribution < 1.29 is 5.11 Å². The second-order valence-electron chi connectivity index (χ2n) is 2.52. The van der Waals surface area contributed by atoms with Crippen LogP contribution in [0.2, 0.25) is 0 Å². The van der Waals surface area contributed by atoms with Crippen molar-refractivity contribution in [2.45, 2.75) is 20.8 Å². The Hall–Kier alpha value is -0.820. The van der Waals surface area contributed by atoms with E-state index in [1.165, 1.54) is 16.7 Å². The summed E-state index contributed by atoms with van der Waals surface area (Å²) < 4.78 is 0. The highest BCUT2D eigenvalue weighted by Crippen LogP contribution is 2.09. The fourth-order valence-corrected chi connectivity index (χ4v) is 0.898. The Morgan fingerprint density at radius 1 is 0.909 bits per heavy atom. The zero-order valence-corrected chi connectivity index (χ0v) is 7.68. The van der Waals surface area contributed by atoms with Gasteiger partial charge in [-0.25, -0.2) is 0 Å². The first-order chi connectivity index (χ1) is 5.22. The topological polar surface area (TPSA) is 20.2 Å². The minimum Gasteiger partial charge on any atom is -0.400 e. The molecule has 1 aromatic carbocycles. The number of hydrogen-bond acceptors (Lipinski definition) is 1. The molecule has 0 aliphatic heterocycles. The van der Waals surface area contributed by atoms with E-state index >= 15 is 0 Å². The van der Waals surface area contributed by atoms with Crippen molar-refractivity contribution in [1.29, 1.82) is 0 Å². The molecule has 0 aromatic heterocycles. The molecule has 0 fully saturated rings. The molecule has 1 N–H and O–H groups in total. The van der Waals surface area contributed by atoms with Crippen LogP contribution in [-0.2, 0) is 0 Å². The van der Waals surface area contributed by atoms with Crippen LogP contribution < -0.4 is 0 Å². The second-order valence-corrected chi connectivity index (χ2v) is 2.52. The zero-order chi connectivity index (χ0) is 8.85. The van der Waals surface area contributed by atoms with Crippen molar-refractivity contribution in [3.05, 3.63) is 34.9 Å². The lowest BCUT2D eigenvalue weighted by Gasteiger charge is -2.00.